The van der Waals surface area contributed by atoms with Crippen LogP contribution in [-0.4, -0.2) is 24.2 Å². The van der Waals surface area contributed by atoms with Crippen LogP contribution in [0.5, 0.6) is 0 Å². The molecule has 0 unspecified atom stereocenters. The van der Waals surface area contributed by atoms with E-state index in [4.69, 9.17) is 9.15 Å². The number of aryl methyl sites for hydroxylation is 1. The van der Waals surface area contributed by atoms with Gasteiger partial charge in [0.15, 0.2) is 0 Å². The number of ether oxygens (including phenoxy) is 1. The van der Waals surface area contributed by atoms with Crippen molar-refractivity contribution < 1.29 is 18.7 Å². The van der Waals surface area contributed by atoms with Gasteiger partial charge in [0.25, 0.3) is 5.91 Å². The van der Waals surface area contributed by atoms with Gasteiger partial charge in [-0.2, -0.15) is 5.10 Å². The van der Waals surface area contributed by atoms with E-state index in [1.807, 2.05) is 25.1 Å². The Morgan fingerprint density at radius 1 is 1.03 bits per heavy atom. The molecule has 0 aliphatic rings. The minimum Gasteiger partial charge on any atom is -0.459 e. The second kappa shape index (κ2) is 9.01. The van der Waals surface area contributed by atoms with Gasteiger partial charge in [-0.3, -0.25) is 4.79 Å². The fraction of sp³-hybridized carbons (Fsp3) is 0.174. The van der Waals surface area contributed by atoms with Crippen LogP contribution in [0.2, 0.25) is 0 Å². The van der Waals surface area contributed by atoms with E-state index in [0.717, 1.165) is 11.1 Å². The SMILES string of the molecule is Cc1cccc(C(=O)N/N=C\c2ccc(-c3cccc(C(=O)OC(C)C)c3)o2)c1. The molecule has 6 heteroatoms. The minimum atomic E-state index is -0.381. The van der Waals surface area contributed by atoms with Gasteiger partial charge < -0.3 is 9.15 Å². The van der Waals surface area contributed by atoms with Gasteiger partial charge in [0.2, 0.25) is 0 Å². The smallest absolute Gasteiger partial charge is 0.338 e. The predicted octanol–water partition coefficient (Wildman–Crippen LogP) is 4.58. The molecule has 148 valence electrons. The Bertz CT molecular complexity index is 1050. The Hall–Kier alpha value is -3.67. The third-order valence-electron chi connectivity index (χ3n) is 3.99. The highest BCUT2D eigenvalue weighted by atomic mass is 16.5. The number of furan rings is 1. The summed E-state index contributed by atoms with van der Waals surface area (Å²) in [6.45, 7) is 5.53. The topological polar surface area (TPSA) is 80.9 Å². The fourth-order valence-corrected chi connectivity index (χ4v) is 2.66. The zero-order valence-electron chi connectivity index (χ0n) is 16.5. The number of carbonyl (C=O) groups is 2. The van der Waals surface area contributed by atoms with Crippen LogP contribution in [-0.2, 0) is 4.74 Å². The van der Waals surface area contributed by atoms with Gasteiger partial charge in [-0.25, -0.2) is 10.2 Å². The molecule has 1 N–H and O–H groups in total. The molecule has 3 rings (SSSR count). The third-order valence-corrected chi connectivity index (χ3v) is 3.99. The van der Waals surface area contributed by atoms with Gasteiger partial charge in [-0.1, -0.05) is 29.8 Å². The van der Waals surface area contributed by atoms with Crippen molar-refractivity contribution in [1.82, 2.24) is 5.43 Å². The highest BCUT2D eigenvalue weighted by molar-refractivity contribution is 5.95. The number of esters is 1. The van der Waals surface area contributed by atoms with Crippen LogP contribution in [0.4, 0.5) is 0 Å². The number of benzene rings is 2. The summed E-state index contributed by atoms with van der Waals surface area (Å²) in [7, 11) is 0. The lowest BCUT2D eigenvalue weighted by Gasteiger charge is -2.08. The molecular formula is C23H22N2O4. The van der Waals surface area contributed by atoms with Crippen molar-refractivity contribution in [1.29, 1.82) is 0 Å². The van der Waals surface area contributed by atoms with Gasteiger partial charge >= 0.3 is 5.97 Å². The van der Waals surface area contributed by atoms with Crippen LogP contribution < -0.4 is 5.43 Å². The number of hydrogen-bond donors (Lipinski definition) is 1. The molecule has 0 fully saturated rings. The molecule has 29 heavy (non-hydrogen) atoms. The van der Waals surface area contributed by atoms with Crippen LogP contribution in [0.1, 0.15) is 45.9 Å². The minimum absolute atomic E-state index is 0.187. The van der Waals surface area contributed by atoms with Crippen molar-refractivity contribution in [3.63, 3.8) is 0 Å². The van der Waals surface area contributed by atoms with Crippen molar-refractivity contribution in [2.75, 3.05) is 0 Å². The predicted molar refractivity (Wildman–Crippen MR) is 111 cm³/mol. The summed E-state index contributed by atoms with van der Waals surface area (Å²) in [4.78, 5) is 24.2. The van der Waals surface area contributed by atoms with E-state index < -0.39 is 0 Å². The number of rotatable bonds is 6. The third kappa shape index (κ3) is 5.42. The average Bonchev–Trinajstić information content (AvgIpc) is 3.16. The second-order valence-electron chi connectivity index (χ2n) is 6.81. The Morgan fingerprint density at radius 3 is 2.55 bits per heavy atom. The molecule has 6 nitrogen and oxygen atoms in total. The normalized spacial score (nSPS) is 11.0. The molecule has 3 aromatic rings. The number of nitrogens with zero attached hydrogens (tertiary/aromatic N) is 1. The van der Waals surface area contributed by atoms with E-state index in [1.54, 1.807) is 56.3 Å². The summed E-state index contributed by atoms with van der Waals surface area (Å²) in [5.41, 5.74) is 5.20. The lowest BCUT2D eigenvalue weighted by Crippen LogP contribution is -2.17. The van der Waals surface area contributed by atoms with Gasteiger partial charge in [-0.15, -0.1) is 0 Å². The van der Waals surface area contributed by atoms with E-state index in [1.165, 1.54) is 6.21 Å². The number of carbonyl (C=O) groups excluding carboxylic acids is 2. The molecule has 0 saturated heterocycles. The van der Waals surface area contributed by atoms with Gasteiger partial charge in [0, 0.05) is 11.1 Å². The molecule has 0 atom stereocenters. The van der Waals surface area contributed by atoms with Crippen molar-refractivity contribution >= 4 is 18.1 Å². The molecule has 1 aromatic heterocycles. The summed E-state index contributed by atoms with van der Waals surface area (Å²) in [6, 6.07) is 17.8. The first-order valence-electron chi connectivity index (χ1n) is 9.23. The molecule has 1 amide bonds. The summed E-state index contributed by atoms with van der Waals surface area (Å²) in [6.07, 6.45) is 1.24. The highest BCUT2D eigenvalue weighted by Crippen LogP contribution is 2.23. The standard InChI is InChI=1S/C23H22N2O4/c1-15(2)28-23(27)19-9-5-7-17(13-19)21-11-10-20(29-21)14-24-25-22(26)18-8-4-6-16(3)12-18/h4-15H,1-3H3,(H,25,26)/b24-14-. The Kier molecular flexibility index (Phi) is 6.24. The Balaban J connectivity index is 1.67. The average molecular weight is 390 g/mol. The quantitative estimate of drug-likeness (QED) is 0.379. The molecular weight excluding hydrogens is 368 g/mol. The first-order chi connectivity index (χ1) is 13.9. The summed E-state index contributed by atoms with van der Waals surface area (Å²) >= 11 is 0. The maximum Gasteiger partial charge on any atom is 0.338 e. The molecule has 0 radical (unpaired) electrons. The zero-order valence-corrected chi connectivity index (χ0v) is 16.5. The molecule has 0 aliphatic carbocycles. The highest BCUT2D eigenvalue weighted by Gasteiger charge is 2.12. The molecule has 1 heterocycles. The van der Waals surface area contributed by atoms with Crippen LogP contribution in [0, 0.1) is 6.92 Å². The molecule has 0 bridgehead atoms. The Morgan fingerprint density at radius 2 is 1.79 bits per heavy atom. The summed E-state index contributed by atoms with van der Waals surface area (Å²) in [5, 5.41) is 3.94. The molecule has 0 aliphatic heterocycles. The second-order valence-corrected chi connectivity index (χ2v) is 6.81. The first-order valence-corrected chi connectivity index (χ1v) is 9.23. The largest absolute Gasteiger partial charge is 0.459 e. The summed E-state index contributed by atoms with van der Waals surface area (Å²) < 4.78 is 11.0. The van der Waals surface area contributed by atoms with E-state index in [2.05, 4.69) is 10.5 Å². The van der Waals surface area contributed by atoms with Crippen molar-refractivity contribution in [2.45, 2.75) is 26.9 Å². The zero-order chi connectivity index (χ0) is 20.8. The van der Waals surface area contributed by atoms with Crippen molar-refractivity contribution in [3.05, 3.63) is 83.1 Å². The maximum atomic E-state index is 12.1. The van der Waals surface area contributed by atoms with Crippen molar-refractivity contribution in [2.24, 2.45) is 5.10 Å². The van der Waals surface area contributed by atoms with E-state index in [9.17, 15) is 9.59 Å². The van der Waals surface area contributed by atoms with Crippen LogP contribution in [0.15, 0.2) is 70.2 Å². The van der Waals surface area contributed by atoms with E-state index in [0.29, 0.717) is 22.6 Å². The Labute approximate surface area is 169 Å². The van der Waals surface area contributed by atoms with E-state index in [-0.39, 0.29) is 18.0 Å². The van der Waals surface area contributed by atoms with Gasteiger partial charge in [0.05, 0.1) is 17.9 Å². The number of hydrazone groups is 1. The number of amides is 1. The maximum absolute atomic E-state index is 12.1. The fourth-order valence-electron chi connectivity index (χ4n) is 2.66. The molecule has 0 saturated carbocycles. The molecule has 2 aromatic carbocycles. The summed E-state index contributed by atoms with van der Waals surface area (Å²) in [5.74, 6) is 0.373. The van der Waals surface area contributed by atoms with Gasteiger partial charge in [0.1, 0.15) is 11.5 Å². The van der Waals surface area contributed by atoms with Crippen LogP contribution in [0.3, 0.4) is 0 Å². The van der Waals surface area contributed by atoms with Gasteiger partial charge in [-0.05, 0) is 57.2 Å². The van der Waals surface area contributed by atoms with E-state index >= 15 is 0 Å². The van der Waals surface area contributed by atoms with Crippen LogP contribution in [0.25, 0.3) is 11.3 Å². The lowest BCUT2D eigenvalue weighted by atomic mass is 10.1. The number of nitrogens with one attached hydrogen (secondary N) is 1. The van der Waals surface area contributed by atoms with Crippen LogP contribution >= 0.6 is 0 Å². The first kappa shape index (κ1) is 20.1. The molecule has 0 spiro atoms. The van der Waals surface area contributed by atoms with Crippen molar-refractivity contribution in [3.8, 4) is 11.3 Å². The lowest BCUT2D eigenvalue weighted by molar-refractivity contribution is 0.0378. The number of hydrogen-bond acceptors (Lipinski definition) is 5. The monoisotopic (exact) mass is 390 g/mol.